The van der Waals surface area contributed by atoms with Gasteiger partial charge in [0.05, 0.1) is 13.0 Å². The Bertz CT molecular complexity index is 393. The second-order valence-corrected chi connectivity index (χ2v) is 4.97. The first-order valence-electron chi connectivity index (χ1n) is 6.60. The Hall–Kier alpha value is -1.35. The van der Waals surface area contributed by atoms with Crippen molar-refractivity contribution in [3.05, 3.63) is 35.4 Å². The topological polar surface area (TPSA) is 38.3 Å². The molecule has 98 valence electrons. The van der Waals surface area contributed by atoms with E-state index in [0.29, 0.717) is 0 Å². The number of ether oxygens (including phenoxy) is 1. The number of benzene rings is 1. The molecule has 18 heavy (non-hydrogen) atoms. The van der Waals surface area contributed by atoms with Crippen LogP contribution < -0.4 is 5.32 Å². The summed E-state index contributed by atoms with van der Waals surface area (Å²) in [4.78, 5) is 12.0. The van der Waals surface area contributed by atoms with E-state index < -0.39 is 0 Å². The average Bonchev–Trinajstić information content (AvgIpc) is 2.42. The number of carbonyl (C=O) groups is 1. The molecule has 3 nitrogen and oxygen atoms in total. The minimum absolute atomic E-state index is 0.141. The van der Waals surface area contributed by atoms with Crippen molar-refractivity contribution >= 4 is 5.97 Å². The van der Waals surface area contributed by atoms with Gasteiger partial charge in [-0.1, -0.05) is 36.2 Å². The van der Waals surface area contributed by atoms with E-state index in [-0.39, 0.29) is 17.9 Å². The van der Waals surface area contributed by atoms with Crippen LogP contribution in [0.25, 0.3) is 0 Å². The summed E-state index contributed by atoms with van der Waals surface area (Å²) in [7, 11) is 1.46. The van der Waals surface area contributed by atoms with Crippen LogP contribution in [0.3, 0.4) is 0 Å². The Balaban J connectivity index is 2.23. The molecule has 2 rings (SSSR count). The van der Waals surface area contributed by atoms with Crippen LogP contribution >= 0.6 is 0 Å². The minimum atomic E-state index is -0.184. The van der Waals surface area contributed by atoms with Gasteiger partial charge in [-0.05, 0) is 31.9 Å². The predicted molar refractivity (Wildman–Crippen MR) is 71.6 cm³/mol. The SMILES string of the molecule is COC(=O)[C@@H](c1ccc(C)cc1)C1CCCCN1. The number of nitrogens with one attached hydrogen (secondary N) is 1. The van der Waals surface area contributed by atoms with Crippen LogP contribution in [0.5, 0.6) is 0 Å². The van der Waals surface area contributed by atoms with Gasteiger partial charge in [0.2, 0.25) is 0 Å². The maximum Gasteiger partial charge on any atom is 0.314 e. The summed E-state index contributed by atoms with van der Waals surface area (Å²) in [6.07, 6.45) is 3.41. The van der Waals surface area contributed by atoms with E-state index in [2.05, 4.69) is 12.2 Å². The number of hydrogen-bond donors (Lipinski definition) is 1. The van der Waals surface area contributed by atoms with Crippen LogP contribution in [0.15, 0.2) is 24.3 Å². The van der Waals surface area contributed by atoms with Crippen molar-refractivity contribution in [1.82, 2.24) is 5.32 Å². The molecule has 2 atom stereocenters. The molecule has 1 unspecified atom stereocenters. The van der Waals surface area contributed by atoms with Crippen molar-refractivity contribution in [3.8, 4) is 0 Å². The summed E-state index contributed by atoms with van der Waals surface area (Å²) < 4.78 is 4.97. The van der Waals surface area contributed by atoms with Gasteiger partial charge in [0, 0.05) is 6.04 Å². The zero-order valence-electron chi connectivity index (χ0n) is 11.1. The van der Waals surface area contributed by atoms with Crippen LogP contribution in [-0.2, 0) is 9.53 Å². The van der Waals surface area contributed by atoms with Gasteiger partial charge in [0.15, 0.2) is 0 Å². The van der Waals surface area contributed by atoms with E-state index in [0.717, 1.165) is 18.5 Å². The molecule has 3 heteroatoms. The Morgan fingerprint density at radius 3 is 2.61 bits per heavy atom. The van der Waals surface area contributed by atoms with Crippen LogP contribution in [0.4, 0.5) is 0 Å². The largest absolute Gasteiger partial charge is 0.469 e. The minimum Gasteiger partial charge on any atom is -0.469 e. The molecular weight excluding hydrogens is 226 g/mol. The van der Waals surface area contributed by atoms with Gasteiger partial charge in [-0.25, -0.2) is 0 Å². The maximum absolute atomic E-state index is 12.0. The van der Waals surface area contributed by atoms with Crippen LogP contribution in [0.2, 0.25) is 0 Å². The molecule has 1 aliphatic heterocycles. The normalized spacial score (nSPS) is 21.3. The molecule has 0 aromatic heterocycles. The highest BCUT2D eigenvalue weighted by molar-refractivity contribution is 5.79. The number of methoxy groups -OCH3 is 1. The molecule has 0 radical (unpaired) electrons. The smallest absolute Gasteiger partial charge is 0.314 e. The number of piperidine rings is 1. The van der Waals surface area contributed by atoms with E-state index in [1.807, 2.05) is 24.3 Å². The fourth-order valence-electron chi connectivity index (χ4n) is 2.60. The molecule has 1 saturated heterocycles. The molecule has 1 aromatic carbocycles. The molecule has 1 fully saturated rings. The second-order valence-electron chi connectivity index (χ2n) is 4.97. The van der Waals surface area contributed by atoms with Crippen molar-refractivity contribution in [2.75, 3.05) is 13.7 Å². The van der Waals surface area contributed by atoms with Gasteiger partial charge in [-0.15, -0.1) is 0 Å². The first-order valence-corrected chi connectivity index (χ1v) is 6.60. The fourth-order valence-corrected chi connectivity index (χ4v) is 2.60. The maximum atomic E-state index is 12.0. The summed E-state index contributed by atoms with van der Waals surface area (Å²) in [5.74, 6) is -0.325. The second kappa shape index (κ2) is 6.01. The summed E-state index contributed by atoms with van der Waals surface area (Å²) in [6.45, 7) is 3.04. The standard InChI is InChI=1S/C15H21NO2/c1-11-6-8-12(9-7-11)14(15(17)18-2)13-5-3-4-10-16-13/h6-9,13-14,16H,3-5,10H2,1-2H3/t13?,14-/m0/s1. The van der Waals surface area contributed by atoms with Gasteiger partial charge < -0.3 is 10.1 Å². The van der Waals surface area contributed by atoms with Crippen LogP contribution in [-0.4, -0.2) is 25.7 Å². The van der Waals surface area contributed by atoms with Gasteiger partial charge in [-0.3, -0.25) is 4.79 Å². The van der Waals surface area contributed by atoms with Gasteiger partial charge >= 0.3 is 5.97 Å². The van der Waals surface area contributed by atoms with E-state index >= 15 is 0 Å². The van der Waals surface area contributed by atoms with Gasteiger partial charge in [-0.2, -0.15) is 0 Å². The predicted octanol–water partition coefficient (Wildman–Crippen LogP) is 2.39. The zero-order valence-corrected chi connectivity index (χ0v) is 11.1. The highest BCUT2D eigenvalue weighted by Gasteiger charge is 2.31. The lowest BCUT2D eigenvalue weighted by Crippen LogP contribution is -2.42. The fraction of sp³-hybridized carbons (Fsp3) is 0.533. The first-order chi connectivity index (χ1) is 8.72. The third-order valence-corrected chi connectivity index (χ3v) is 3.64. The van der Waals surface area contributed by atoms with E-state index in [1.165, 1.54) is 25.5 Å². The van der Waals surface area contributed by atoms with Crippen molar-refractivity contribution in [3.63, 3.8) is 0 Å². The molecule has 0 aliphatic carbocycles. The lowest BCUT2D eigenvalue weighted by Gasteiger charge is -2.30. The number of aryl methyl sites for hydroxylation is 1. The van der Waals surface area contributed by atoms with E-state index in [9.17, 15) is 4.79 Å². The zero-order chi connectivity index (χ0) is 13.0. The van der Waals surface area contributed by atoms with Crippen LogP contribution in [0.1, 0.15) is 36.3 Å². The Kier molecular flexibility index (Phi) is 4.37. The molecular formula is C15H21NO2. The Morgan fingerprint density at radius 1 is 1.33 bits per heavy atom. The summed E-state index contributed by atoms with van der Waals surface area (Å²) >= 11 is 0. The molecule has 1 aliphatic rings. The summed E-state index contributed by atoms with van der Waals surface area (Å²) in [5, 5.41) is 3.45. The third-order valence-electron chi connectivity index (χ3n) is 3.64. The van der Waals surface area contributed by atoms with Crippen molar-refractivity contribution in [2.45, 2.75) is 38.1 Å². The van der Waals surface area contributed by atoms with E-state index in [4.69, 9.17) is 4.74 Å². The molecule has 1 N–H and O–H groups in total. The molecule has 1 aromatic rings. The van der Waals surface area contributed by atoms with Gasteiger partial charge in [0.25, 0.3) is 0 Å². The van der Waals surface area contributed by atoms with Crippen molar-refractivity contribution in [2.24, 2.45) is 0 Å². The number of carbonyl (C=O) groups excluding carboxylic acids is 1. The molecule has 0 saturated carbocycles. The average molecular weight is 247 g/mol. The van der Waals surface area contributed by atoms with Gasteiger partial charge in [0.1, 0.15) is 0 Å². The van der Waals surface area contributed by atoms with E-state index in [1.54, 1.807) is 0 Å². The number of rotatable bonds is 3. The highest BCUT2D eigenvalue weighted by Crippen LogP contribution is 2.26. The first kappa shape index (κ1) is 13.1. The summed E-state index contributed by atoms with van der Waals surface area (Å²) in [6, 6.07) is 8.37. The molecule has 0 bridgehead atoms. The Labute approximate surface area is 109 Å². The van der Waals surface area contributed by atoms with Crippen molar-refractivity contribution in [1.29, 1.82) is 0 Å². The molecule has 0 spiro atoms. The summed E-state index contributed by atoms with van der Waals surface area (Å²) in [5.41, 5.74) is 2.26. The van der Waals surface area contributed by atoms with Crippen LogP contribution in [0, 0.1) is 6.92 Å². The van der Waals surface area contributed by atoms with Crippen molar-refractivity contribution < 1.29 is 9.53 Å². The monoisotopic (exact) mass is 247 g/mol. The molecule has 1 heterocycles. The third kappa shape index (κ3) is 2.91. The number of hydrogen-bond acceptors (Lipinski definition) is 3. The highest BCUT2D eigenvalue weighted by atomic mass is 16.5. The lowest BCUT2D eigenvalue weighted by atomic mass is 9.86. The lowest BCUT2D eigenvalue weighted by molar-refractivity contribution is -0.143. The number of esters is 1. The molecule has 0 amide bonds. The quantitative estimate of drug-likeness (QED) is 0.833. The Morgan fingerprint density at radius 2 is 2.06 bits per heavy atom.